The van der Waals surface area contributed by atoms with Crippen molar-refractivity contribution in [2.45, 2.75) is 189 Å². The van der Waals surface area contributed by atoms with Gasteiger partial charge in [0.05, 0.1) is 73.2 Å². The standard InChI is InChI=1S/C36H54O6/c1-2-8-26-25(7-1)37-31-13-19-20(14-32(31)38-26)22-16-34-36(42-30-12-6-5-11-29(30)40-34)18-24(22)23-17-35-33(15-21(19)23)39-27-9-3-4-10-28(27)41-35/h19-36H,1-18H2. The average molecular weight is 583 g/mol. The Morgan fingerprint density at radius 3 is 0.548 bits per heavy atom. The van der Waals surface area contributed by atoms with Gasteiger partial charge in [-0.25, -0.2) is 0 Å². The molecule has 3 heterocycles. The molecular formula is C36H54O6. The Morgan fingerprint density at radius 2 is 0.381 bits per heavy atom. The molecule has 10 aliphatic rings. The fraction of sp³-hybridized carbons (Fsp3) is 1.00. The summed E-state index contributed by atoms with van der Waals surface area (Å²) in [4.78, 5) is 0. The van der Waals surface area contributed by atoms with Gasteiger partial charge in [-0.1, -0.05) is 38.5 Å². The van der Waals surface area contributed by atoms with Crippen LogP contribution in [0.4, 0.5) is 0 Å². The fourth-order valence-corrected chi connectivity index (χ4v) is 12.9. The largest absolute Gasteiger partial charge is 0.370 e. The van der Waals surface area contributed by atoms with Crippen LogP contribution in [0.15, 0.2) is 0 Å². The zero-order valence-corrected chi connectivity index (χ0v) is 25.6. The van der Waals surface area contributed by atoms with Crippen LogP contribution in [0.2, 0.25) is 0 Å². The van der Waals surface area contributed by atoms with E-state index in [0.717, 1.165) is 35.5 Å². The van der Waals surface area contributed by atoms with Crippen molar-refractivity contribution in [2.75, 3.05) is 0 Å². The van der Waals surface area contributed by atoms with E-state index in [1.54, 1.807) is 0 Å². The minimum absolute atomic E-state index is 0.292. The number of ether oxygens (including phenoxy) is 6. The lowest BCUT2D eigenvalue weighted by Gasteiger charge is -2.64. The summed E-state index contributed by atoms with van der Waals surface area (Å²) in [5.41, 5.74) is 0. The van der Waals surface area contributed by atoms with Gasteiger partial charge in [-0.15, -0.1) is 0 Å². The van der Waals surface area contributed by atoms with Crippen LogP contribution < -0.4 is 0 Å². The smallest absolute Gasteiger partial charge is 0.0844 e. The maximum atomic E-state index is 6.96. The number of hydrogen-bond donors (Lipinski definition) is 0. The highest BCUT2D eigenvalue weighted by Gasteiger charge is 2.62. The topological polar surface area (TPSA) is 55.4 Å². The summed E-state index contributed by atoms with van der Waals surface area (Å²) >= 11 is 0. The van der Waals surface area contributed by atoms with Gasteiger partial charge >= 0.3 is 0 Å². The summed E-state index contributed by atoms with van der Waals surface area (Å²) in [5, 5.41) is 0. The molecule has 3 aliphatic heterocycles. The highest BCUT2D eigenvalue weighted by atomic mass is 16.6. The van der Waals surface area contributed by atoms with Gasteiger partial charge in [0.2, 0.25) is 0 Å². The zero-order valence-electron chi connectivity index (χ0n) is 25.6. The molecular weight excluding hydrogens is 528 g/mol. The lowest BCUT2D eigenvalue weighted by Crippen LogP contribution is -2.64. The third-order valence-electron chi connectivity index (χ3n) is 14.6. The Morgan fingerprint density at radius 1 is 0.214 bits per heavy atom. The number of fused-ring (bicyclic) bond motifs is 12. The van der Waals surface area contributed by atoms with E-state index in [-0.39, 0.29) is 0 Å². The molecule has 0 aromatic rings. The fourth-order valence-electron chi connectivity index (χ4n) is 12.9. The monoisotopic (exact) mass is 582 g/mol. The van der Waals surface area contributed by atoms with Gasteiger partial charge < -0.3 is 28.4 Å². The first kappa shape index (κ1) is 26.9. The van der Waals surface area contributed by atoms with Crippen molar-refractivity contribution in [3.8, 4) is 0 Å². The highest BCUT2D eigenvalue weighted by Crippen LogP contribution is 2.62. The molecule has 0 aromatic carbocycles. The molecule has 0 amide bonds. The van der Waals surface area contributed by atoms with Crippen LogP contribution in [0.25, 0.3) is 0 Å². The summed E-state index contributed by atoms with van der Waals surface area (Å²) in [7, 11) is 0. The molecule has 6 heteroatoms. The normalized spacial score (nSPS) is 60.0. The van der Waals surface area contributed by atoms with Crippen LogP contribution >= 0.6 is 0 Å². The zero-order chi connectivity index (χ0) is 27.4. The van der Waals surface area contributed by atoms with Crippen molar-refractivity contribution in [1.82, 2.24) is 0 Å². The predicted octanol–water partition coefficient (Wildman–Crippen LogP) is 6.36. The van der Waals surface area contributed by atoms with Gasteiger partial charge in [-0.3, -0.25) is 0 Å². The summed E-state index contributed by atoms with van der Waals surface area (Å²) in [5.74, 6) is 4.32. The van der Waals surface area contributed by atoms with Gasteiger partial charge in [0.15, 0.2) is 0 Å². The second kappa shape index (κ2) is 10.7. The van der Waals surface area contributed by atoms with Crippen LogP contribution in [0, 0.1) is 35.5 Å². The van der Waals surface area contributed by atoms with Gasteiger partial charge in [-0.2, -0.15) is 0 Å². The van der Waals surface area contributed by atoms with E-state index < -0.39 is 0 Å². The molecule has 0 N–H and O–H groups in total. The third kappa shape index (κ3) is 4.38. The van der Waals surface area contributed by atoms with Crippen LogP contribution in [-0.4, -0.2) is 73.2 Å². The first-order valence-corrected chi connectivity index (χ1v) is 18.7. The summed E-state index contributed by atoms with van der Waals surface area (Å²) in [6.07, 6.45) is 25.9. The third-order valence-corrected chi connectivity index (χ3v) is 14.6. The van der Waals surface area contributed by atoms with Crippen molar-refractivity contribution in [3.05, 3.63) is 0 Å². The van der Waals surface area contributed by atoms with E-state index in [0.29, 0.717) is 73.2 Å². The Hall–Kier alpha value is -0.240. The van der Waals surface area contributed by atoms with Gasteiger partial charge in [-0.05, 0) is 113 Å². The van der Waals surface area contributed by atoms with Crippen LogP contribution in [0.1, 0.15) is 116 Å². The highest BCUT2D eigenvalue weighted by molar-refractivity contribution is 5.10. The van der Waals surface area contributed by atoms with E-state index >= 15 is 0 Å². The molecule has 0 radical (unpaired) electrons. The molecule has 42 heavy (non-hydrogen) atoms. The second-order valence-electron chi connectivity index (χ2n) is 16.5. The molecule has 7 saturated carbocycles. The van der Waals surface area contributed by atoms with E-state index in [1.165, 1.54) is 116 Å². The Balaban J connectivity index is 0.954. The molecule has 12 atom stereocenters. The molecule has 12 unspecified atom stereocenters. The van der Waals surface area contributed by atoms with Crippen molar-refractivity contribution in [2.24, 2.45) is 35.5 Å². The van der Waals surface area contributed by atoms with Crippen molar-refractivity contribution in [1.29, 1.82) is 0 Å². The maximum absolute atomic E-state index is 6.96. The average Bonchev–Trinajstić information content (AvgIpc) is 3.03. The molecule has 7 aliphatic carbocycles. The molecule has 10 fully saturated rings. The summed E-state index contributed by atoms with van der Waals surface area (Å²) in [6, 6.07) is 0. The van der Waals surface area contributed by atoms with Crippen molar-refractivity contribution < 1.29 is 28.4 Å². The minimum atomic E-state index is 0.292. The van der Waals surface area contributed by atoms with Gasteiger partial charge in [0, 0.05) is 0 Å². The van der Waals surface area contributed by atoms with Gasteiger partial charge in [0.25, 0.3) is 0 Å². The molecule has 6 nitrogen and oxygen atoms in total. The first-order chi connectivity index (χ1) is 20.7. The Labute approximate surface area is 252 Å². The number of rotatable bonds is 0. The van der Waals surface area contributed by atoms with Gasteiger partial charge in [0.1, 0.15) is 0 Å². The Kier molecular flexibility index (Phi) is 6.83. The number of hydrogen-bond acceptors (Lipinski definition) is 6. The maximum Gasteiger partial charge on any atom is 0.0844 e. The molecule has 0 spiro atoms. The van der Waals surface area contributed by atoms with Crippen LogP contribution in [0.5, 0.6) is 0 Å². The molecule has 234 valence electrons. The van der Waals surface area contributed by atoms with E-state index in [9.17, 15) is 0 Å². The first-order valence-electron chi connectivity index (χ1n) is 18.7. The molecule has 0 aromatic heterocycles. The van der Waals surface area contributed by atoms with E-state index in [4.69, 9.17) is 28.4 Å². The van der Waals surface area contributed by atoms with E-state index in [1.807, 2.05) is 0 Å². The molecule has 0 bridgehead atoms. The molecule has 10 rings (SSSR count). The SMILES string of the molecule is C1CCC2OC3CC4C(CC3OC2C1)C1CC2OC3CCCCC3OC2CC1C1CC2OC3CCCCC3OC2CC41. The van der Waals surface area contributed by atoms with Crippen LogP contribution in [0.3, 0.4) is 0 Å². The Bertz CT molecular complexity index is 792. The second-order valence-corrected chi connectivity index (χ2v) is 16.5. The lowest BCUT2D eigenvalue weighted by molar-refractivity contribution is -0.297. The summed E-state index contributed by atoms with van der Waals surface area (Å²) < 4.78 is 41.7. The van der Waals surface area contributed by atoms with Crippen molar-refractivity contribution >= 4 is 0 Å². The molecule has 3 saturated heterocycles. The van der Waals surface area contributed by atoms with Crippen molar-refractivity contribution in [3.63, 3.8) is 0 Å². The predicted molar refractivity (Wildman–Crippen MR) is 156 cm³/mol. The quantitative estimate of drug-likeness (QED) is 0.331. The lowest BCUT2D eigenvalue weighted by atomic mass is 9.46. The van der Waals surface area contributed by atoms with E-state index in [2.05, 4.69) is 0 Å². The summed E-state index contributed by atoms with van der Waals surface area (Å²) in [6.45, 7) is 0. The van der Waals surface area contributed by atoms with Crippen LogP contribution in [-0.2, 0) is 28.4 Å². The minimum Gasteiger partial charge on any atom is -0.370 e.